The SMILES string of the molecule is N[C@@H](Cc1cn([C@@H]2O[C@H](CO)[C@H](O)[C@H](O)[C@H]2O)nn1)C(=O)O.[C-]#[O+].[C-]#[O+].[C-]#[O+].[Re]. The molecule has 15 heteroatoms. The van der Waals surface area contributed by atoms with Crippen LogP contribution in [0.25, 0.3) is 0 Å². The van der Waals surface area contributed by atoms with Gasteiger partial charge in [-0.1, -0.05) is 5.21 Å². The fourth-order valence-electron chi connectivity index (χ4n) is 2.14. The van der Waals surface area contributed by atoms with Crippen molar-refractivity contribution < 1.29 is 69.4 Å². The summed E-state index contributed by atoms with van der Waals surface area (Å²) in [6, 6.07) is -1.15. The van der Waals surface area contributed by atoms with Gasteiger partial charge in [-0.3, -0.25) is 4.79 Å². The first kappa shape index (κ1) is 31.9. The monoisotopic (exact) mass is 589 g/mol. The number of rotatable bonds is 5. The largest absolute Gasteiger partial charge is 0 e. The van der Waals surface area contributed by atoms with E-state index in [1.54, 1.807) is 0 Å². The van der Waals surface area contributed by atoms with Crippen LogP contribution in [0.1, 0.15) is 11.9 Å². The zero-order valence-corrected chi connectivity index (χ0v) is 17.2. The molecule has 1 radical (unpaired) electrons. The first-order valence-corrected chi connectivity index (χ1v) is 7.16. The van der Waals surface area contributed by atoms with E-state index in [4.69, 9.17) is 34.6 Å². The van der Waals surface area contributed by atoms with Crippen molar-refractivity contribution in [2.75, 3.05) is 6.61 Å². The number of aliphatic carboxylic acids is 1. The average molecular weight is 589 g/mol. The zero-order chi connectivity index (χ0) is 22.4. The molecule has 14 nitrogen and oxygen atoms in total. The fourth-order valence-corrected chi connectivity index (χ4v) is 2.14. The molecule has 6 atom stereocenters. The molecule has 1 aliphatic rings. The molecule has 1 aromatic rings. The van der Waals surface area contributed by atoms with E-state index < -0.39 is 49.3 Å². The van der Waals surface area contributed by atoms with Crippen molar-refractivity contribution in [1.29, 1.82) is 0 Å². The number of ether oxygens (including phenoxy) is 1. The van der Waals surface area contributed by atoms with Crippen LogP contribution in [-0.2, 0) is 50.3 Å². The summed E-state index contributed by atoms with van der Waals surface area (Å²) < 4.78 is 28.9. The number of hydrogen-bond acceptors (Lipinski definition) is 9. The molecule has 0 unspecified atom stereocenters. The number of aliphatic hydroxyl groups excluding tert-OH is 4. The van der Waals surface area contributed by atoms with Crippen LogP contribution >= 0.6 is 0 Å². The molecule has 1 aliphatic heterocycles. The Bertz CT molecular complexity index is 636. The van der Waals surface area contributed by atoms with Crippen molar-refractivity contribution in [1.82, 2.24) is 15.0 Å². The summed E-state index contributed by atoms with van der Waals surface area (Å²) in [5.41, 5.74) is 5.64. The number of carbonyl (C=O) groups is 1. The first-order valence-electron chi connectivity index (χ1n) is 7.16. The summed E-state index contributed by atoms with van der Waals surface area (Å²) in [4.78, 5) is 10.7. The minimum absolute atomic E-state index is 0. The topological polar surface area (TPSA) is 244 Å². The minimum Gasteiger partial charge on any atom is 0 e. The molecule has 161 valence electrons. The fraction of sp³-hybridized carbons (Fsp3) is 0.571. The van der Waals surface area contributed by atoms with Gasteiger partial charge in [0.15, 0.2) is 6.23 Å². The molecule has 2 rings (SSSR count). The van der Waals surface area contributed by atoms with Crippen LogP contribution in [-0.4, -0.2) is 83.6 Å². The standard InChI is InChI=1S/C11H18N4O7.3CO.Re/c12-5(11(20)21)1-4-2-15(14-13-4)10-9(19)8(18)7(17)6(3-16)22-10;3*1-2;/h2,5-10,16-19H,1,3,12H2,(H,20,21);;;;/t5-,6+,7-,8-,9+,10+;;;;/m0..../s1. The van der Waals surface area contributed by atoms with Crippen molar-refractivity contribution in [3.8, 4) is 0 Å². The number of nitrogens with two attached hydrogens (primary N) is 1. The van der Waals surface area contributed by atoms with E-state index in [-0.39, 0.29) is 32.5 Å². The number of carboxylic acids is 1. The molecule has 1 aromatic heterocycles. The van der Waals surface area contributed by atoms with Crippen LogP contribution in [0, 0.1) is 20.0 Å². The van der Waals surface area contributed by atoms with Gasteiger partial charge in [0, 0.05) is 26.8 Å². The van der Waals surface area contributed by atoms with Gasteiger partial charge in [0.05, 0.1) is 18.5 Å². The van der Waals surface area contributed by atoms with Crippen LogP contribution in [0.15, 0.2) is 6.20 Å². The summed E-state index contributed by atoms with van der Waals surface area (Å²) in [6.07, 6.45) is -5.53. The average Bonchev–Trinajstić information content (AvgIpc) is 3.19. The Labute approximate surface area is 178 Å². The van der Waals surface area contributed by atoms with Crippen LogP contribution in [0.4, 0.5) is 0 Å². The second kappa shape index (κ2) is 17.1. The number of nitrogens with zero attached hydrogens (tertiary/aromatic N) is 3. The quantitative estimate of drug-likeness (QED) is 0.144. The third-order valence-corrected chi connectivity index (χ3v) is 3.43. The van der Waals surface area contributed by atoms with Crippen molar-refractivity contribution >= 4 is 5.97 Å². The number of hydrogen-bond donors (Lipinski definition) is 6. The number of aliphatic hydroxyl groups is 4. The summed E-state index contributed by atoms with van der Waals surface area (Å²) in [6.45, 7) is 12.9. The first-order chi connectivity index (χ1) is 13.3. The third kappa shape index (κ3) is 9.07. The van der Waals surface area contributed by atoms with Crippen LogP contribution in [0.2, 0.25) is 0 Å². The van der Waals surface area contributed by atoms with Gasteiger partial charge in [0.2, 0.25) is 0 Å². The van der Waals surface area contributed by atoms with Gasteiger partial charge in [0.25, 0.3) is 0 Å². The van der Waals surface area contributed by atoms with Crippen molar-refractivity contribution in [2.45, 2.75) is 43.1 Å². The van der Waals surface area contributed by atoms with Crippen molar-refractivity contribution in [3.05, 3.63) is 31.8 Å². The Hall–Kier alpha value is -1.75. The van der Waals surface area contributed by atoms with E-state index in [2.05, 4.69) is 30.3 Å². The van der Waals surface area contributed by atoms with E-state index in [0.29, 0.717) is 0 Å². The van der Waals surface area contributed by atoms with Crippen LogP contribution in [0.5, 0.6) is 0 Å². The van der Waals surface area contributed by atoms with Crippen LogP contribution < -0.4 is 5.73 Å². The summed E-state index contributed by atoms with van der Waals surface area (Å²) in [5, 5.41) is 54.6. The third-order valence-electron chi connectivity index (χ3n) is 3.43. The van der Waals surface area contributed by atoms with Gasteiger partial charge in [-0.05, 0) is 0 Å². The molecule has 1 fully saturated rings. The van der Waals surface area contributed by atoms with E-state index in [0.717, 1.165) is 4.68 Å². The molecule has 0 aromatic carbocycles. The summed E-state index contributed by atoms with van der Waals surface area (Å²) in [5.74, 6) is -1.19. The molecule has 0 aliphatic carbocycles. The molecule has 29 heavy (non-hydrogen) atoms. The van der Waals surface area contributed by atoms with Gasteiger partial charge in [-0.2, -0.15) is 0 Å². The minimum atomic E-state index is -1.54. The molecule has 0 bridgehead atoms. The Morgan fingerprint density at radius 1 is 1.17 bits per heavy atom. The second-order valence-electron chi connectivity index (χ2n) is 5.06. The van der Waals surface area contributed by atoms with Gasteiger partial charge in [-0.25, -0.2) is 4.68 Å². The molecule has 0 saturated carbocycles. The van der Waals surface area contributed by atoms with Crippen molar-refractivity contribution in [3.63, 3.8) is 0 Å². The van der Waals surface area contributed by atoms with E-state index in [9.17, 15) is 20.1 Å². The van der Waals surface area contributed by atoms with Crippen LogP contribution in [0.3, 0.4) is 0 Å². The molecule has 2 heterocycles. The van der Waals surface area contributed by atoms with E-state index in [1.165, 1.54) is 6.20 Å². The van der Waals surface area contributed by atoms with Gasteiger partial charge in [-0.15, -0.1) is 5.10 Å². The second-order valence-corrected chi connectivity index (χ2v) is 5.06. The van der Waals surface area contributed by atoms with E-state index in [1.807, 2.05) is 0 Å². The number of carboxylic acid groups (broad SMARTS) is 1. The molecular weight excluding hydrogens is 570 g/mol. The smallest absolute Gasteiger partial charge is 0 e. The molecule has 1 saturated heterocycles. The Morgan fingerprint density at radius 3 is 2.14 bits per heavy atom. The van der Waals surface area contributed by atoms with Gasteiger partial charge in [0.1, 0.15) is 30.5 Å². The number of aromatic nitrogens is 3. The summed E-state index contributed by atoms with van der Waals surface area (Å²) in [7, 11) is 0. The normalized spacial score (nSPS) is 25.7. The molecule has 7 N–H and O–H groups in total. The summed E-state index contributed by atoms with van der Waals surface area (Å²) >= 11 is 0. The molecule has 0 amide bonds. The zero-order valence-electron chi connectivity index (χ0n) is 14.5. The molecule has 0 spiro atoms. The van der Waals surface area contributed by atoms with Gasteiger partial charge >= 0.3 is 39.9 Å². The Balaban J connectivity index is -0.000000883. The Kier molecular flexibility index (Phi) is 18.9. The van der Waals surface area contributed by atoms with Crippen molar-refractivity contribution in [2.24, 2.45) is 5.73 Å². The Morgan fingerprint density at radius 2 is 1.69 bits per heavy atom. The molecular formula is C14H18N4O10Re. The van der Waals surface area contributed by atoms with Gasteiger partial charge < -0.3 is 36.0 Å². The maximum Gasteiger partial charge on any atom is 0 e. The predicted octanol–water partition coefficient (Wildman–Crippen LogP) is -3.91. The predicted molar refractivity (Wildman–Crippen MR) is 80.1 cm³/mol. The van der Waals surface area contributed by atoms with E-state index >= 15 is 0 Å². The maximum absolute atomic E-state index is 10.7. The maximum atomic E-state index is 10.7.